The zero-order valence-electron chi connectivity index (χ0n) is 11.3. The quantitative estimate of drug-likeness (QED) is 0.848. The SMILES string of the molecule is CCN(C)C(=O)CN=C1NC2CCCCC2CS1. The zero-order chi connectivity index (χ0) is 13.0. The molecule has 4 nitrogen and oxygen atoms in total. The molecular weight excluding hydrogens is 246 g/mol. The summed E-state index contributed by atoms with van der Waals surface area (Å²) in [5.74, 6) is 2.06. The number of rotatable bonds is 3. The van der Waals surface area contributed by atoms with Gasteiger partial charge >= 0.3 is 0 Å². The van der Waals surface area contributed by atoms with Crippen LogP contribution in [0.25, 0.3) is 0 Å². The third-order valence-corrected chi connectivity index (χ3v) is 5.03. The highest BCUT2D eigenvalue weighted by Crippen LogP contribution is 2.31. The summed E-state index contributed by atoms with van der Waals surface area (Å²) in [5, 5.41) is 4.48. The lowest BCUT2D eigenvalue weighted by atomic mass is 9.86. The van der Waals surface area contributed by atoms with E-state index in [9.17, 15) is 4.79 Å². The fourth-order valence-corrected chi connectivity index (χ4v) is 3.67. The van der Waals surface area contributed by atoms with Crippen LogP contribution in [0, 0.1) is 5.92 Å². The minimum absolute atomic E-state index is 0.0955. The molecule has 5 heteroatoms. The third-order valence-electron chi connectivity index (χ3n) is 3.91. The molecule has 0 radical (unpaired) electrons. The molecule has 1 aliphatic carbocycles. The van der Waals surface area contributed by atoms with Gasteiger partial charge < -0.3 is 10.2 Å². The minimum Gasteiger partial charge on any atom is -0.362 e. The molecule has 2 unspecified atom stereocenters. The summed E-state index contributed by atoms with van der Waals surface area (Å²) < 4.78 is 0. The van der Waals surface area contributed by atoms with Gasteiger partial charge in [-0.15, -0.1) is 0 Å². The standard InChI is InChI=1S/C13H23N3OS/c1-3-16(2)12(17)8-14-13-15-11-7-5-4-6-10(11)9-18-13/h10-11H,3-9H2,1-2H3,(H,14,15). The summed E-state index contributed by atoms with van der Waals surface area (Å²) in [6.45, 7) is 3.00. The average Bonchev–Trinajstić information content (AvgIpc) is 2.43. The van der Waals surface area contributed by atoms with Crippen molar-refractivity contribution in [1.82, 2.24) is 10.2 Å². The van der Waals surface area contributed by atoms with Crippen LogP contribution in [0.5, 0.6) is 0 Å². The molecule has 2 atom stereocenters. The summed E-state index contributed by atoms with van der Waals surface area (Å²) in [5.41, 5.74) is 0. The van der Waals surface area contributed by atoms with Gasteiger partial charge in [0.25, 0.3) is 0 Å². The van der Waals surface area contributed by atoms with Gasteiger partial charge in [0, 0.05) is 25.4 Å². The van der Waals surface area contributed by atoms with Gasteiger partial charge in [0.1, 0.15) is 6.54 Å². The van der Waals surface area contributed by atoms with Crippen molar-refractivity contribution in [2.45, 2.75) is 38.6 Å². The number of hydrogen-bond donors (Lipinski definition) is 1. The van der Waals surface area contributed by atoms with Gasteiger partial charge in [-0.3, -0.25) is 9.79 Å². The van der Waals surface area contributed by atoms with Gasteiger partial charge in [0.05, 0.1) is 0 Å². The Bertz CT molecular complexity index is 332. The van der Waals surface area contributed by atoms with Crippen molar-refractivity contribution in [2.75, 3.05) is 25.9 Å². The lowest BCUT2D eigenvalue weighted by molar-refractivity contribution is -0.128. The molecule has 0 aromatic rings. The van der Waals surface area contributed by atoms with Crippen molar-refractivity contribution >= 4 is 22.8 Å². The fraction of sp³-hybridized carbons (Fsp3) is 0.846. The zero-order valence-corrected chi connectivity index (χ0v) is 12.1. The van der Waals surface area contributed by atoms with Crippen molar-refractivity contribution in [3.8, 4) is 0 Å². The lowest BCUT2D eigenvalue weighted by Crippen LogP contribution is -2.46. The van der Waals surface area contributed by atoms with Crippen LogP contribution in [-0.2, 0) is 4.79 Å². The molecule has 0 aromatic heterocycles. The van der Waals surface area contributed by atoms with E-state index < -0.39 is 0 Å². The Kier molecular flexibility index (Phi) is 4.92. The van der Waals surface area contributed by atoms with E-state index >= 15 is 0 Å². The van der Waals surface area contributed by atoms with Crippen LogP contribution in [0.2, 0.25) is 0 Å². The van der Waals surface area contributed by atoms with Gasteiger partial charge in [-0.05, 0) is 25.7 Å². The minimum atomic E-state index is 0.0955. The number of carbonyl (C=O) groups excluding carboxylic acids is 1. The van der Waals surface area contributed by atoms with E-state index in [0.717, 1.165) is 23.4 Å². The maximum atomic E-state index is 11.7. The predicted molar refractivity (Wildman–Crippen MR) is 77.0 cm³/mol. The van der Waals surface area contributed by atoms with E-state index in [1.54, 1.807) is 16.7 Å². The molecule has 2 fully saturated rings. The van der Waals surface area contributed by atoms with E-state index in [1.165, 1.54) is 25.7 Å². The van der Waals surface area contributed by atoms with Gasteiger partial charge in [-0.25, -0.2) is 0 Å². The summed E-state index contributed by atoms with van der Waals surface area (Å²) >= 11 is 1.78. The van der Waals surface area contributed by atoms with Crippen LogP contribution >= 0.6 is 11.8 Å². The molecular formula is C13H23N3OS. The first kappa shape index (κ1) is 13.7. The summed E-state index contributed by atoms with van der Waals surface area (Å²) in [4.78, 5) is 17.8. The van der Waals surface area contributed by atoms with Crippen molar-refractivity contribution in [1.29, 1.82) is 0 Å². The van der Waals surface area contributed by atoms with E-state index in [-0.39, 0.29) is 12.5 Å². The van der Waals surface area contributed by atoms with Gasteiger partial charge in [-0.1, -0.05) is 24.6 Å². The Balaban J connectivity index is 1.84. The number of aliphatic imine (C=N–C) groups is 1. The molecule has 1 saturated heterocycles. The van der Waals surface area contributed by atoms with E-state index in [4.69, 9.17) is 0 Å². The molecule has 0 aromatic carbocycles. The molecule has 1 heterocycles. The molecule has 102 valence electrons. The molecule has 2 rings (SSSR count). The maximum Gasteiger partial charge on any atom is 0.244 e. The number of nitrogens with zero attached hydrogens (tertiary/aromatic N) is 2. The summed E-state index contributed by atoms with van der Waals surface area (Å²) in [6, 6.07) is 0.595. The Hall–Kier alpha value is -0.710. The second-order valence-electron chi connectivity index (χ2n) is 5.14. The molecule has 18 heavy (non-hydrogen) atoms. The summed E-state index contributed by atoms with van der Waals surface area (Å²) in [6.07, 6.45) is 5.29. The van der Waals surface area contributed by atoms with Crippen molar-refractivity contribution in [2.24, 2.45) is 10.9 Å². The van der Waals surface area contributed by atoms with E-state index in [0.29, 0.717) is 6.04 Å². The normalized spacial score (nSPS) is 29.6. The third kappa shape index (κ3) is 3.40. The van der Waals surface area contributed by atoms with E-state index in [1.807, 2.05) is 14.0 Å². The molecule has 1 saturated carbocycles. The number of thioether (sulfide) groups is 1. The van der Waals surface area contributed by atoms with Crippen molar-refractivity contribution in [3.63, 3.8) is 0 Å². The predicted octanol–water partition coefficient (Wildman–Crippen LogP) is 1.72. The Labute approximate surface area is 114 Å². The topological polar surface area (TPSA) is 44.7 Å². The van der Waals surface area contributed by atoms with Crippen LogP contribution in [0.3, 0.4) is 0 Å². The molecule has 1 amide bonds. The molecule has 2 aliphatic rings. The molecule has 0 bridgehead atoms. The fourth-order valence-electron chi connectivity index (χ4n) is 2.51. The molecule has 1 aliphatic heterocycles. The number of likely N-dealkylation sites (N-methyl/N-ethyl adjacent to an activating group) is 1. The van der Waals surface area contributed by atoms with Crippen LogP contribution in [0.15, 0.2) is 4.99 Å². The highest BCUT2D eigenvalue weighted by molar-refractivity contribution is 8.13. The number of nitrogens with one attached hydrogen (secondary N) is 1. The first-order valence-corrected chi connectivity index (χ1v) is 7.87. The number of hydrogen-bond acceptors (Lipinski definition) is 3. The monoisotopic (exact) mass is 269 g/mol. The van der Waals surface area contributed by atoms with Crippen LogP contribution < -0.4 is 5.32 Å². The highest BCUT2D eigenvalue weighted by atomic mass is 32.2. The molecule has 1 N–H and O–H groups in total. The van der Waals surface area contributed by atoms with Crippen LogP contribution in [0.1, 0.15) is 32.6 Å². The number of amides is 1. The first-order valence-electron chi connectivity index (χ1n) is 6.88. The van der Waals surface area contributed by atoms with Crippen LogP contribution in [0.4, 0.5) is 0 Å². The second-order valence-corrected chi connectivity index (χ2v) is 6.14. The van der Waals surface area contributed by atoms with Crippen molar-refractivity contribution in [3.05, 3.63) is 0 Å². The number of carbonyl (C=O) groups is 1. The Morgan fingerprint density at radius 3 is 3.06 bits per heavy atom. The average molecular weight is 269 g/mol. The van der Waals surface area contributed by atoms with Gasteiger partial charge in [0.15, 0.2) is 5.17 Å². The summed E-state index contributed by atoms with van der Waals surface area (Å²) in [7, 11) is 1.82. The maximum absolute atomic E-state index is 11.7. The van der Waals surface area contributed by atoms with Gasteiger partial charge in [0.2, 0.25) is 5.91 Å². The second kappa shape index (κ2) is 6.45. The first-order chi connectivity index (χ1) is 8.70. The largest absolute Gasteiger partial charge is 0.362 e. The highest BCUT2D eigenvalue weighted by Gasteiger charge is 2.30. The Morgan fingerprint density at radius 2 is 2.28 bits per heavy atom. The van der Waals surface area contributed by atoms with Crippen molar-refractivity contribution < 1.29 is 4.79 Å². The molecule has 0 spiro atoms. The van der Waals surface area contributed by atoms with Crippen LogP contribution in [-0.4, -0.2) is 47.9 Å². The number of fused-ring (bicyclic) bond motifs is 1. The van der Waals surface area contributed by atoms with Gasteiger partial charge in [-0.2, -0.15) is 0 Å². The Morgan fingerprint density at radius 1 is 1.50 bits per heavy atom. The van der Waals surface area contributed by atoms with E-state index in [2.05, 4.69) is 10.3 Å². The smallest absolute Gasteiger partial charge is 0.244 e. The number of amidine groups is 1. The lowest BCUT2D eigenvalue weighted by Gasteiger charge is -2.36.